The van der Waals surface area contributed by atoms with Crippen molar-refractivity contribution >= 4 is 18.9 Å². The summed E-state index contributed by atoms with van der Waals surface area (Å²) in [5.41, 5.74) is 0. The second kappa shape index (κ2) is 5.15. The maximum atomic E-state index is 9.97. The Morgan fingerprint density at radius 3 is 1.67 bits per heavy atom. The fourth-order valence-electron chi connectivity index (χ4n) is 0.455. The predicted octanol–water partition coefficient (Wildman–Crippen LogP) is -0.0205. The van der Waals surface area contributed by atoms with Gasteiger partial charge in [0.25, 0.3) is 0 Å². The lowest BCUT2D eigenvalue weighted by atomic mass is 10.1. The molecule has 0 saturated heterocycles. The van der Waals surface area contributed by atoms with Gasteiger partial charge in [-0.15, -0.1) is 0 Å². The van der Waals surface area contributed by atoms with Gasteiger partial charge in [-0.05, 0) is 0 Å². The van der Waals surface area contributed by atoms with E-state index in [1.54, 1.807) is 0 Å². The first-order valence-corrected chi connectivity index (χ1v) is 2.67. The van der Waals surface area contributed by atoms with E-state index in [9.17, 15) is 14.4 Å². The summed E-state index contributed by atoms with van der Waals surface area (Å²) in [6, 6.07) is 0. The van der Waals surface area contributed by atoms with Crippen LogP contribution in [0.15, 0.2) is 0 Å². The summed E-state index contributed by atoms with van der Waals surface area (Å²) in [4.78, 5) is 29.5. The molecular weight excluding hydrogens is 120 g/mol. The molecule has 0 fully saturated rings. The van der Waals surface area contributed by atoms with Crippen molar-refractivity contribution in [2.45, 2.75) is 12.8 Å². The van der Waals surface area contributed by atoms with Crippen LogP contribution in [-0.2, 0) is 14.4 Å². The Bertz CT molecular complexity index is 98.9. The van der Waals surface area contributed by atoms with E-state index in [0.29, 0.717) is 18.9 Å². The average Bonchev–Trinajstić information content (AvgIpc) is 1.88. The molecule has 0 aromatic carbocycles. The highest BCUT2D eigenvalue weighted by molar-refractivity contribution is 5.66. The van der Waals surface area contributed by atoms with E-state index in [4.69, 9.17) is 0 Å². The van der Waals surface area contributed by atoms with Crippen LogP contribution in [0.4, 0.5) is 0 Å². The molecule has 0 spiro atoms. The number of carbonyl (C=O) groups is 3. The third kappa shape index (κ3) is 3.58. The van der Waals surface area contributed by atoms with Crippen molar-refractivity contribution in [3.05, 3.63) is 0 Å². The van der Waals surface area contributed by atoms with Gasteiger partial charge in [0.1, 0.15) is 18.9 Å². The Hall–Kier alpha value is -0.990. The molecule has 0 rings (SSSR count). The van der Waals surface area contributed by atoms with Crippen molar-refractivity contribution in [1.29, 1.82) is 0 Å². The minimum atomic E-state index is -0.403. The van der Waals surface area contributed by atoms with Crippen molar-refractivity contribution in [2.24, 2.45) is 5.92 Å². The largest absolute Gasteiger partial charge is 0.303 e. The topological polar surface area (TPSA) is 51.2 Å². The molecule has 3 nitrogen and oxygen atoms in total. The van der Waals surface area contributed by atoms with Crippen LogP contribution in [0, 0.1) is 5.92 Å². The molecule has 0 N–H and O–H groups in total. The molecule has 0 heterocycles. The quantitative estimate of drug-likeness (QED) is 0.489. The molecule has 0 amide bonds. The van der Waals surface area contributed by atoms with Crippen molar-refractivity contribution in [1.82, 2.24) is 0 Å². The van der Waals surface area contributed by atoms with Gasteiger partial charge in [-0.1, -0.05) is 0 Å². The van der Waals surface area contributed by atoms with E-state index in [1.165, 1.54) is 0 Å². The molecule has 50 valence electrons. The van der Waals surface area contributed by atoms with Crippen molar-refractivity contribution in [2.75, 3.05) is 0 Å². The van der Waals surface area contributed by atoms with Gasteiger partial charge in [0.05, 0.1) is 0 Å². The van der Waals surface area contributed by atoms with Crippen LogP contribution in [-0.4, -0.2) is 18.9 Å². The van der Waals surface area contributed by atoms with Gasteiger partial charge in [0, 0.05) is 18.8 Å². The van der Waals surface area contributed by atoms with Crippen LogP contribution in [0.3, 0.4) is 0 Å². The second-order valence-corrected chi connectivity index (χ2v) is 1.70. The van der Waals surface area contributed by atoms with Gasteiger partial charge in [-0.25, -0.2) is 0 Å². The van der Waals surface area contributed by atoms with E-state index < -0.39 is 5.92 Å². The first-order chi connectivity index (χ1) is 4.35. The SMILES string of the molecule is O=CCC(C=O)CC=O. The maximum absolute atomic E-state index is 9.97. The molecule has 0 radical (unpaired) electrons. The molecule has 0 saturated carbocycles. The van der Waals surface area contributed by atoms with Crippen molar-refractivity contribution in [3.63, 3.8) is 0 Å². The summed E-state index contributed by atoms with van der Waals surface area (Å²) in [5, 5.41) is 0. The maximum Gasteiger partial charge on any atom is 0.123 e. The zero-order valence-electron chi connectivity index (χ0n) is 4.95. The van der Waals surface area contributed by atoms with Gasteiger partial charge in [-0.2, -0.15) is 0 Å². The smallest absolute Gasteiger partial charge is 0.123 e. The fourth-order valence-corrected chi connectivity index (χ4v) is 0.455. The van der Waals surface area contributed by atoms with Gasteiger partial charge >= 0.3 is 0 Å². The summed E-state index contributed by atoms with van der Waals surface area (Å²) >= 11 is 0. The van der Waals surface area contributed by atoms with Gasteiger partial charge in [0.2, 0.25) is 0 Å². The van der Waals surface area contributed by atoms with Crippen LogP contribution in [0.5, 0.6) is 0 Å². The van der Waals surface area contributed by atoms with Gasteiger partial charge in [-0.3, -0.25) is 0 Å². The van der Waals surface area contributed by atoms with Crippen LogP contribution in [0.25, 0.3) is 0 Å². The summed E-state index contributed by atoms with van der Waals surface area (Å²) in [5.74, 6) is -0.403. The van der Waals surface area contributed by atoms with E-state index in [2.05, 4.69) is 0 Å². The Balaban J connectivity index is 3.51. The lowest BCUT2D eigenvalue weighted by Gasteiger charge is -1.96. The summed E-state index contributed by atoms with van der Waals surface area (Å²) < 4.78 is 0. The predicted molar refractivity (Wildman–Crippen MR) is 30.9 cm³/mol. The van der Waals surface area contributed by atoms with E-state index in [0.717, 1.165) is 0 Å². The molecule has 0 aliphatic heterocycles. The standard InChI is InChI=1S/C6H8O3/c7-3-1-6(5-9)2-4-8/h3-6H,1-2H2. The lowest BCUT2D eigenvalue weighted by Crippen LogP contribution is -2.02. The van der Waals surface area contributed by atoms with E-state index in [-0.39, 0.29) is 12.8 Å². The van der Waals surface area contributed by atoms with Crippen molar-refractivity contribution < 1.29 is 14.4 Å². The molecular formula is C6H8O3. The molecule has 3 heteroatoms. The summed E-state index contributed by atoms with van der Waals surface area (Å²) in [7, 11) is 0. The number of hydrogen-bond donors (Lipinski definition) is 0. The molecule has 0 aromatic heterocycles. The molecule has 0 atom stereocenters. The number of hydrogen-bond acceptors (Lipinski definition) is 3. The van der Waals surface area contributed by atoms with Gasteiger partial charge in [0.15, 0.2) is 0 Å². The molecule has 0 bridgehead atoms. The molecule has 0 aromatic rings. The first-order valence-electron chi connectivity index (χ1n) is 2.67. The van der Waals surface area contributed by atoms with Crippen LogP contribution in [0.1, 0.15) is 12.8 Å². The monoisotopic (exact) mass is 128 g/mol. The highest BCUT2D eigenvalue weighted by Crippen LogP contribution is 1.99. The first kappa shape index (κ1) is 8.01. The number of rotatable bonds is 5. The van der Waals surface area contributed by atoms with Crippen LogP contribution < -0.4 is 0 Å². The third-order valence-corrected chi connectivity index (χ3v) is 0.990. The normalized spacial score (nSPS) is 9.00. The lowest BCUT2D eigenvalue weighted by molar-refractivity contribution is -0.118. The summed E-state index contributed by atoms with van der Waals surface area (Å²) in [6.45, 7) is 0. The zero-order valence-corrected chi connectivity index (χ0v) is 4.95. The van der Waals surface area contributed by atoms with E-state index in [1.807, 2.05) is 0 Å². The molecule has 0 aliphatic rings. The Labute approximate surface area is 53.0 Å². The summed E-state index contributed by atoms with van der Waals surface area (Å²) in [6.07, 6.45) is 2.22. The third-order valence-electron chi connectivity index (χ3n) is 0.990. The highest BCUT2D eigenvalue weighted by atomic mass is 16.1. The fraction of sp³-hybridized carbons (Fsp3) is 0.500. The van der Waals surface area contributed by atoms with Crippen LogP contribution >= 0.6 is 0 Å². The Morgan fingerprint density at radius 2 is 1.44 bits per heavy atom. The minimum Gasteiger partial charge on any atom is -0.303 e. The van der Waals surface area contributed by atoms with Crippen molar-refractivity contribution in [3.8, 4) is 0 Å². The number of aldehydes is 3. The molecule has 9 heavy (non-hydrogen) atoms. The Kier molecular flexibility index (Phi) is 4.59. The Morgan fingerprint density at radius 1 is 1.00 bits per heavy atom. The van der Waals surface area contributed by atoms with E-state index >= 15 is 0 Å². The second-order valence-electron chi connectivity index (χ2n) is 1.70. The zero-order chi connectivity index (χ0) is 7.11. The minimum absolute atomic E-state index is 0.155. The van der Waals surface area contributed by atoms with Gasteiger partial charge < -0.3 is 14.4 Å². The molecule has 0 aliphatic carbocycles. The molecule has 0 unspecified atom stereocenters. The average molecular weight is 128 g/mol. The number of carbonyl (C=O) groups excluding carboxylic acids is 3. The highest BCUT2D eigenvalue weighted by Gasteiger charge is 2.03. The van der Waals surface area contributed by atoms with Crippen LogP contribution in [0.2, 0.25) is 0 Å².